The van der Waals surface area contributed by atoms with E-state index in [0.29, 0.717) is 18.5 Å². The predicted octanol–water partition coefficient (Wildman–Crippen LogP) is 1.76. The van der Waals surface area contributed by atoms with Crippen LogP contribution in [0.5, 0.6) is 0 Å². The average Bonchev–Trinajstić information content (AvgIpc) is 2.37. The standard InChI is InChI=1S/C14H22N2O3S.ClH/c1-3-4-13(15)14(17)16-12-7-5-11(6-8-12)9-10-20(2,18)19;/h5-8,13H,3-4,9-10,15H2,1-2H3,(H,16,17);1H. The van der Waals surface area contributed by atoms with E-state index in [1.807, 2.05) is 19.1 Å². The smallest absolute Gasteiger partial charge is 0.241 e. The molecule has 1 atom stereocenters. The molecule has 0 aliphatic heterocycles. The van der Waals surface area contributed by atoms with Crippen molar-refractivity contribution in [2.75, 3.05) is 17.3 Å². The summed E-state index contributed by atoms with van der Waals surface area (Å²) in [6.07, 6.45) is 3.20. The summed E-state index contributed by atoms with van der Waals surface area (Å²) in [6, 6.07) is 6.64. The number of aryl methyl sites for hydroxylation is 1. The first kappa shape index (κ1) is 19.9. The van der Waals surface area contributed by atoms with Gasteiger partial charge in [-0.25, -0.2) is 8.42 Å². The van der Waals surface area contributed by atoms with E-state index in [2.05, 4.69) is 5.32 Å². The van der Waals surface area contributed by atoms with E-state index in [4.69, 9.17) is 5.73 Å². The maximum atomic E-state index is 11.7. The number of halogens is 1. The highest BCUT2D eigenvalue weighted by atomic mass is 35.5. The van der Waals surface area contributed by atoms with E-state index in [1.165, 1.54) is 6.26 Å². The third-order valence-electron chi connectivity index (χ3n) is 2.92. The van der Waals surface area contributed by atoms with Crippen molar-refractivity contribution in [1.29, 1.82) is 0 Å². The average molecular weight is 335 g/mol. The molecule has 1 unspecified atom stereocenters. The number of carbonyl (C=O) groups is 1. The second-order valence-corrected chi connectivity index (χ2v) is 7.22. The molecule has 0 aliphatic rings. The van der Waals surface area contributed by atoms with Crippen molar-refractivity contribution in [3.63, 3.8) is 0 Å². The van der Waals surface area contributed by atoms with Crippen molar-refractivity contribution < 1.29 is 13.2 Å². The molecule has 0 saturated heterocycles. The Morgan fingerprint density at radius 2 is 1.86 bits per heavy atom. The Labute approximate surface area is 132 Å². The van der Waals surface area contributed by atoms with Gasteiger partial charge in [-0.3, -0.25) is 4.79 Å². The minimum atomic E-state index is -2.96. The highest BCUT2D eigenvalue weighted by molar-refractivity contribution is 7.90. The van der Waals surface area contributed by atoms with E-state index in [9.17, 15) is 13.2 Å². The van der Waals surface area contributed by atoms with Crippen LogP contribution in [0.25, 0.3) is 0 Å². The molecule has 3 N–H and O–H groups in total. The van der Waals surface area contributed by atoms with Crippen LogP contribution in [0.3, 0.4) is 0 Å². The summed E-state index contributed by atoms with van der Waals surface area (Å²) in [5.74, 6) is -0.0733. The fourth-order valence-corrected chi connectivity index (χ4v) is 2.34. The van der Waals surface area contributed by atoms with Gasteiger partial charge in [-0.2, -0.15) is 0 Å². The van der Waals surface area contributed by atoms with Crippen LogP contribution >= 0.6 is 12.4 Å². The van der Waals surface area contributed by atoms with Gasteiger partial charge in [0.05, 0.1) is 11.8 Å². The molecule has 7 heteroatoms. The predicted molar refractivity (Wildman–Crippen MR) is 88.6 cm³/mol. The molecule has 0 radical (unpaired) electrons. The Hall–Kier alpha value is -1.11. The molecule has 5 nitrogen and oxygen atoms in total. The fraction of sp³-hybridized carbons (Fsp3) is 0.500. The van der Waals surface area contributed by atoms with Gasteiger partial charge in [-0.05, 0) is 30.5 Å². The van der Waals surface area contributed by atoms with Gasteiger partial charge in [0, 0.05) is 11.9 Å². The molecule has 0 aromatic heterocycles. The molecule has 0 heterocycles. The Morgan fingerprint density at radius 1 is 1.29 bits per heavy atom. The first-order chi connectivity index (χ1) is 9.31. The molecule has 0 spiro atoms. The normalized spacial score (nSPS) is 12.3. The molecular weight excluding hydrogens is 312 g/mol. The summed E-state index contributed by atoms with van der Waals surface area (Å²) < 4.78 is 22.2. The summed E-state index contributed by atoms with van der Waals surface area (Å²) in [7, 11) is -2.96. The summed E-state index contributed by atoms with van der Waals surface area (Å²) in [5.41, 5.74) is 7.32. The van der Waals surface area contributed by atoms with Crippen LogP contribution < -0.4 is 11.1 Å². The van der Waals surface area contributed by atoms with Crippen LogP contribution in [0.4, 0.5) is 5.69 Å². The largest absolute Gasteiger partial charge is 0.325 e. The molecule has 120 valence electrons. The fourth-order valence-electron chi connectivity index (χ4n) is 1.74. The Morgan fingerprint density at radius 3 is 2.33 bits per heavy atom. The van der Waals surface area contributed by atoms with E-state index >= 15 is 0 Å². The number of sulfone groups is 1. The molecule has 0 fully saturated rings. The van der Waals surface area contributed by atoms with Crippen molar-refractivity contribution in [3.05, 3.63) is 29.8 Å². The topological polar surface area (TPSA) is 89.3 Å². The highest BCUT2D eigenvalue weighted by Crippen LogP contribution is 2.11. The van der Waals surface area contributed by atoms with Gasteiger partial charge in [-0.1, -0.05) is 25.5 Å². The SMILES string of the molecule is CCCC(N)C(=O)Nc1ccc(CCS(C)(=O)=O)cc1.Cl. The third-order valence-corrected chi connectivity index (χ3v) is 3.87. The second-order valence-electron chi connectivity index (χ2n) is 4.96. The summed E-state index contributed by atoms with van der Waals surface area (Å²) in [4.78, 5) is 11.7. The third kappa shape index (κ3) is 8.04. The van der Waals surface area contributed by atoms with E-state index < -0.39 is 15.9 Å². The number of nitrogens with two attached hydrogens (primary N) is 1. The van der Waals surface area contributed by atoms with Crippen LogP contribution in [-0.2, 0) is 21.1 Å². The van der Waals surface area contributed by atoms with Gasteiger partial charge in [0.15, 0.2) is 0 Å². The lowest BCUT2D eigenvalue weighted by Crippen LogP contribution is -2.35. The van der Waals surface area contributed by atoms with Crippen LogP contribution in [0.1, 0.15) is 25.3 Å². The molecule has 0 aliphatic carbocycles. The van der Waals surface area contributed by atoms with Crippen molar-refractivity contribution in [1.82, 2.24) is 0 Å². The Balaban J connectivity index is 0.00000400. The molecule has 0 saturated carbocycles. The van der Waals surface area contributed by atoms with Gasteiger partial charge in [-0.15, -0.1) is 12.4 Å². The lowest BCUT2D eigenvalue weighted by atomic mass is 10.1. The zero-order valence-electron chi connectivity index (χ0n) is 12.3. The van der Waals surface area contributed by atoms with Gasteiger partial charge >= 0.3 is 0 Å². The lowest BCUT2D eigenvalue weighted by molar-refractivity contribution is -0.117. The molecular formula is C14H23ClN2O3S. The number of hydrogen-bond acceptors (Lipinski definition) is 4. The molecule has 0 bridgehead atoms. The van der Waals surface area contributed by atoms with Crippen molar-refractivity contribution in [2.45, 2.75) is 32.2 Å². The molecule has 21 heavy (non-hydrogen) atoms. The van der Waals surface area contributed by atoms with Crippen LogP contribution in [0, 0.1) is 0 Å². The quantitative estimate of drug-likeness (QED) is 0.795. The Bertz CT molecular complexity index is 544. The molecule has 1 amide bonds. The Kier molecular flexibility index (Phi) is 8.54. The lowest BCUT2D eigenvalue weighted by Gasteiger charge is -2.11. The van der Waals surface area contributed by atoms with Gasteiger partial charge in [0.2, 0.25) is 5.91 Å². The number of benzene rings is 1. The summed E-state index contributed by atoms with van der Waals surface area (Å²) in [6.45, 7) is 1.98. The first-order valence-corrected chi connectivity index (χ1v) is 8.71. The van der Waals surface area contributed by atoms with E-state index in [-0.39, 0.29) is 24.1 Å². The van der Waals surface area contributed by atoms with Gasteiger partial charge in [0.25, 0.3) is 0 Å². The van der Waals surface area contributed by atoms with Crippen molar-refractivity contribution >= 4 is 33.8 Å². The number of amides is 1. The van der Waals surface area contributed by atoms with Crippen LogP contribution in [0.2, 0.25) is 0 Å². The zero-order chi connectivity index (χ0) is 15.2. The number of hydrogen-bond donors (Lipinski definition) is 2. The van der Waals surface area contributed by atoms with Gasteiger partial charge < -0.3 is 11.1 Å². The number of nitrogens with one attached hydrogen (secondary N) is 1. The second kappa shape index (κ2) is 9.02. The first-order valence-electron chi connectivity index (χ1n) is 6.65. The maximum absolute atomic E-state index is 11.7. The van der Waals surface area contributed by atoms with Crippen molar-refractivity contribution in [2.24, 2.45) is 5.73 Å². The minimum absolute atomic E-state index is 0. The summed E-state index contributed by atoms with van der Waals surface area (Å²) in [5, 5.41) is 2.74. The maximum Gasteiger partial charge on any atom is 0.241 e. The minimum Gasteiger partial charge on any atom is -0.325 e. The highest BCUT2D eigenvalue weighted by Gasteiger charge is 2.12. The molecule has 1 rings (SSSR count). The van der Waals surface area contributed by atoms with Crippen LogP contribution in [0.15, 0.2) is 24.3 Å². The van der Waals surface area contributed by atoms with E-state index in [0.717, 1.165) is 12.0 Å². The number of rotatable bonds is 7. The number of carbonyl (C=O) groups excluding carboxylic acids is 1. The van der Waals surface area contributed by atoms with Crippen LogP contribution in [-0.4, -0.2) is 32.4 Å². The zero-order valence-corrected chi connectivity index (χ0v) is 14.0. The van der Waals surface area contributed by atoms with Gasteiger partial charge in [0.1, 0.15) is 9.84 Å². The van der Waals surface area contributed by atoms with Crippen molar-refractivity contribution in [3.8, 4) is 0 Å². The molecule has 1 aromatic rings. The number of anilines is 1. The monoisotopic (exact) mass is 334 g/mol. The van der Waals surface area contributed by atoms with E-state index in [1.54, 1.807) is 12.1 Å². The summed E-state index contributed by atoms with van der Waals surface area (Å²) >= 11 is 0. The molecule has 1 aromatic carbocycles.